The summed E-state index contributed by atoms with van der Waals surface area (Å²) >= 11 is 4.16. The summed E-state index contributed by atoms with van der Waals surface area (Å²) in [5.41, 5.74) is 1.75. The zero-order chi connectivity index (χ0) is 12.4. The van der Waals surface area contributed by atoms with Crippen molar-refractivity contribution in [3.8, 4) is 22.8 Å². The summed E-state index contributed by atoms with van der Waals surface area (Å²) in [7, 11) is 0. The molecule has 2 heterocycles. The van der Waals surface area contributed by atoms with Crippen molar-refractivity contribution < 1.29 is 14.0 Å². The maximum atomic E-state index is 5.64. The Morgan fingerprint density at radius 1 is 1.11 bits per heavy atom. The molecular weight excluding hydrogens is 250 g/mol. The minimum absolute atomic E-state index is 0.564. The van der Waals surface area contributed by atoms with Gasteiger partial charge < -0.3 is 14.0 Å². The van der Waals surface area contributed by atoms with Gasteiger partial charge in [-0.15, -0.1) is 0 Å². The van der Waals surface area contributed by atoms with Gasteiger partial charge in [0.25, 0.3) is 0 Å². The standard InChI is InChI=1S/C13H13NO3S/c18-8-10-7-12(17-14-10)9-2-3-11-13(6-9)16-5-1-4-15-11/h2-3,6-7,18H,1,4-5,8H2. The van der Waals surface area contributed by atoms with E-state index in [-0.39, 0.29) is 0 Å². The SMILES string of the molecule is SCc1cc(-c2ccc3c(c2)OCCCO3)on1. The van der Waals surface area contributed by atoms with Crippen LogP contribution >= 0.6 is 12.6 Å². The van der Waals surface area contributed by atoms with Gasteiger partial charge in [-0.05, 0) is 18.2 Å². The van der Waals surface area contributed by atoms with Gasteiger partial charge in [-0.25, -0.2) is 0 Å². The molecule has 5 heteroatoms. The molecule has 0 unspecified atom stereocenters. The van der Waals surface area contributed by atoms with Crippen molar-refractivity contribution in [3.63, 3.8) is 0 Å². The molecular formula is C13H13NO3S. The van der Waals surface area contributed by atoms with Crippen molar-refractivity contribution in [2.45, 2.75) is 12.2 Å². The van der Waals surface area contributed by atoms with Gasteiger partial charge in [0.1, 0.15) is 0 Å². The molecule has 94 valence electrons. The van der Waals surface area contributed by atoms with E-state index in [1.165, 1.54) is 0 Å². The van der Waals surface area contributed by atoms with Gasteiger partial charge >= 0.3 is 0 Å². The van der Waals surface area contributed by atoms with Crippen molar-refractivity contribution in [3.05, 3.63) is 30.0 Å². The molecule has 3 rings (SSSR count). The summed E-state index contributed by atoms with van der Waals surface area (Å²) in [6.45, 7) is 1.37. The Labute approximate surface area is 110 Å². The van der Waals surface area contributed by atoms with Crippen LogP contribution in [0.25, 0.3) is 11.3 Å². The van der Waals surface area contributed by atoms with Gasteiger partial charge in [0.05, 0.1) is 18.9 Å². The van der Waals surface area contributed by atoms with E-state index in [4.69, 9.17) is 14.0 Å². The second kappa shape index (κ2) is 4.94. The minimum atomic E-state index is 0.564. The van der Waals surface area contributed by atoms with Gasteiger partial charge in [0.2, 0.25) is 0 Å². The van der Waals surface area contributed by atoms with E-state index in [1.807, 2.05) is 24.3 Å². The first kappa shape index (κ1) is 11.5. The van der Waals surface area contributed by atoms with E-state index in [0.29, 0.717) is 19.0 Å². The summed E-state index contributed by atoms with van der Waals surface area (Å²) in [4.78, 5) is 0. The Bertz CT molecular complexity index is 553. The van der Waals surface area contributed by atoms with E-state index in [0.717, 1.165) is 34.9 Å². The first-order chi connectivity index (χ1) is 8.86. The number of rotatable bonds is 2. The molecule has 1 aromatic carbocycles. The van der Waals surface area contributed by atoms with Gasteiger partial charge in [0, 0.05) is 23.8 Å². The second-order valence-electron chi connectivity index (χ2n) is 4.05. The lowest BCUT2D eigenvalue weighted by atomic mass is 10.1. The van der Waals surface area contributed by atoms with Crippen molar-refractivity contribution in [1.29, 1.82) is 0 Å². The van der Waals surface area contributed by atoms with Crippen LogP contribution in [0.2, 0.25) is 0 Å². The fourth-order valence-electron chi connectivity index (χ4n) is 1.84. The Balaban J connectivity index is 1.95. The molecule has 2 aromatic rings. The van der Waals surface area contributed by atoms with Gasteiger partial charge in [-0.1, -0.05) is 5.16 Å². The monoisotopic (exact) mass is 263 g/mol. The predicted molar refractivity (Wildman–Crippen MR) is 70.2 cm³/mol. The van der Waals surface area contributed by atoms with Crippen LogP contribution in [0.3, 0.4) is 0 Å². The molecule has 1 aromatic heterocycles. The summed E-state index contributed by atoms with van der Waals surface area (Å²) < 4.78 is 16.5. The smallest absolute Gasteiger partial charge is 0.167 e. The molecule has 4 nitrogen and oxygen atoms in total. The molecule has 1 aliphatic heterocycles. The third-order valence-corrected chi connectivity index (χ3v) is 3.08. The summed E-state index contributed by atoms with van der Waals surface area (Å²) in [5.74, 6) is 2.82. The topological polar surface area (TPSA) is 44.5 Å². The van der Waals surface area contributed by atoms with Crippen LogP contribution < -0.4 is 9.47 Å². The van der Waals surface area contributed by atoms with E-state index >= 15 is 0 Å². The van der Waals surface area contributed by atoms with Crippen LogP contribution in [0, 0.1) is 0 Å². The molecule has 0 N–H and O–H groups in total. The lowest BCUT2D eigenvalue weighted by Crippen LogP contribution is -1.97. The predicted octanol–water partition coefficient (Wildman–Crippen LogP) is 2.93. The van der Waals surface area contributed by atoms with Crippen molar-refractivity contribution in [2.24, 2.45) is 0 Å². The highest BCUT2D eigenvalue weighted by Crippen LogP contribution is 2.34. The fraction of sp³-hybridized carbons (Fsp3) is 0.308. The molecule has 0 amide bonds. The quantitative estimate of drug-likeness (QED) is 0.846. The van der Waals surface area contributed by atoms with Crippen LogP contribution in [0.5, 0.6) is 11.5 Å². The molecule has 0 fully saturated rings. The number of benzene rings is 1. The van der Waals surface area contributed by atoms with Crippen LogP contribution in [-0.2, 0) is 5.75 Å². The Morgan fingerprint density at radius 3 is 2.72 bits per heavy atom. The maximum Gasteiger partial charge on any atom is 0.167 e. The number of nitrogens with zero attached hydrogens (tertiary/aromatic N) is 1. The Kier molecular flexibility index (Phi) is 3.15. The first-order valence-electron chi connectivity index (χ1n) is 5.83. The molecule has 0 aliphatic carbocycles. The normalized spacial score (nSPS) is 14.3. The highest BCUT2D eigenvalue weighted by Gasteiger charge is 2.13. The van der Waals surface area contributed by atoms with Crippen LogP contribution in [-0.4, -0.2) is 18.4 Å². The maximum absolute atomic E-state index is 5.64. The molecule has 0 saturated carbocycles. The zero-order valence-electron chi connectivity index (χ0n) is 9.76. The van der Waals surface area contributed by atoms with Gasteiger partial charge in [0.15, 0.2) is 17.3 Å². The van der Waals surface area contributed by atoms with Gasteiger partial charge in [-0.3, -0.25) is 0 Å². The first-order valence-corrected chi connectivity index (χ1v) is 6.46. The number of aromatic nitrogens is 1. The average Bonchev–Trinajstić information content (AvgIpc) is 2.76. The number of ether oxygens (including phenoxy) is 2. The molecule has 0 radical (unpaired) electrons. The summed E-state index contributed by atoms with van der Waals surface area (Å²) in [6.07, 6.45) is 0.899. The number of hydrogen-bond acceptors (Lipinski definition) is 5. The molecule has 0 saturated heterocycles. The minimum Gasteiger partial charge on any atom is -0.490 e. The number of thiol groups is 1. The van der Waals surface area contributed by atoms with Crippen LogP contribution in [0.15, 0.2) is 28.8 Å². The van der Waals surface area contributed by atoms with Crippen molar-refractivity contribution >= 4 is 12.6 Å². The lowest BCUT2D eigenvalue weighted by molar-refractivity contribution is 0.297. The third kappa shape index (κ3) is 2.18. The van der Waals surface area contributed by atoms with Crippen LogP contribution in [0.4, 0.5) is 0 Å². The summed E-state index contributed by atoms with van der Waals surface area (Å²) in [5, 5.41) is 3.92. The molecule has 0 atom stereocenters. The largest absolute Gasteiger partial charge is 0.490 e. The average molecular weight is 263 g/mol. The molecule has 1 aliphatic rings. The second-order valence-corrected chi connectivity index (χ2v) is 4.37. The highest BCUT2D eigenvalue weighted by atomic mass is 32.1. The number of fused-ring (bicyclic) bond motifs is 1. The van der Waals surface area contributed by atoms with E-state index in [9.17, 15) is 0 Å². The van der Waals surface area contributed by atoms with Crippen molar-refractivity contribution in [2.75, 3.05) is 13.2 Å². The summed E-state index contributed by atoms with van der Waals surface area (Å²) in [6, 6.07) is 7.64. The Morgan fingerprint density at radius 2 is 1.94 bits per heavy atom. The van der Waals surface area contributed by atoms with Crippen LogP contribution in [0.1, 0.15) is 12.1 Å². The van der Waals surface area contributed by atoms with E-state index in [2.05, 4.69) is 17.8 Å². The number of hydrogen-bond donors (Lipinski definition) is 1. The molecule has 0 bridgehead atoms. The zero-order valence-corrected chi connectivity index (χ0v) is 10.7. The molecule has 0 spiro atoms. The van der Waals surface area contributed by atoms with Gasteiger partial charge in [-0.2, -0.15) is 12.6 Å². The fourth-order valence-corrected chi connectivity index (χ4v) is 1.99. The lowest BCUT2D eigenvalue weighted by Gasteiger charge is -2.07. The van der Waals surface area contributed by atoms with E-state index in [1.54, 1.807) is 0 Å². The highest BCUT2D eigenvalue weighted by molar-refractivity contribution is 7.79. The van der Waals surface area contributed by atoms with E-state index < -0.39 is 0 Å². The molecule has 18 heavy (non-hydrogen) atoms. The van der Waals surface area contributed by atoms with Crippen molar-refractivity contribution in [1.82, 2.24) is 5.16 Å². The third-order valence-electron chi connectivity index (χ3n) is 2.75. The Hall–Kier alpha value is -1.62.